The molecule has 1 amide bonds. The topological polar surface area (TPSA) is 69.0 Å². The van der Waals surface area contributed by atoms with E-state index in [0.29, 0.717) is 6.54 Å². The van der Waals surface area contributed by atoms with Gasteiger partial charge in [-0.3, -0.25) is 4.79 Å². The molecule has 1 aliphatic rings. The number of ether oxygens (including phenoxy) is 1. The molecule has 1 N–H and O–H groups in total. The SMILES string of the molecule is C[C@@H](c1ccc(F)cc1)n1cc(C(=O)NC[C@@H]2CCCO2)nn1. The second-order valence-electron chi connectivity index (χ2n) is 5.66. The van der Waals surface area contributed by atoms with Crippen LogP contribution in [0.15, 0.2) is 30.5 Å². The summed E-state index contributed by atoms with van der Waals surface area (Å²) < 4.78 is 20.0. The molecule has 2 atom stereocenters. The zero-order valence-corrected chi connectivity index (χ0v) is 12.9. The summed E-state index contributed by atoms with van der Waals surface area (Å²) in [5.74, 6) is -0.549. The molecule has 2 heterocycles. The van der Waals surface area contributed by atoms with E-state index in [-0.39, 0.29) is 29.6 Å². The van der Waals surface area contributed by atoms with Crippen LogP contribution in [0.25, 0.3) is 0 Å². The minimum atomic E-state index is -0.284. The Balaban J connectivity index is 1.62. The first-order valence-corrected chi connectivity index (χ1v) is 7.70. The van der Waals surface area contributed by atoms with Gasteiger partial charge in [0.05, 0.1) is 18.3 Å². The fourth-order valence-corrected chi connectivity index (χ4v) is 2.57. The Morgan fingerprint density at radius 3 is 2.96 bits per heavy atom. The molecule has 0 unspecified atom stereocenters. The van der Waals surface area contributed by atoms with Gasteiger partial charge < -0.3 is 10.1 Å². The van der Waals surface area contributed by atoms with E-state index in [4.69, 9.17) is 4.74 Å². The van der Waals surface area contributed by atoms with Gasteiger partial charge in [0.25, 0.3) is 5.91 Å². The van der Waals surface area contributed by atoms with Crippen molar-refractivity contribution >= 4 is 5.91 Å². The largest absolute Gasteiger partial charge is 0.376 e. The zero-order valence-electron chi connectivity index (χ0n) is 12.9. The predicted molar refractivity (Wildman–Crippen MR) is 81.5 cm³/mol. The van der Waals surface area contributed by atoms with Crippen molar-refractivity contribution in [1.29, 1.82) is 0 Å². The number of amides is 1. The lowest BCUT2D eigenvalue weighted by Gasteiger charge is -2.11. The molecule has 0 radical (unpaired) electrons. The molecule has 2 aromatic rings. The smallest absolute Gasteiger partial charge is 0.273 e. The molecule has 0 aliphatic carbocycles. The number of nitrogens with zero attached hydrogens (tertiary/aromatic N) is 3. The van der Waals surface area contributed by atoms with E-state index < -0.39 is 0 Å². The molecule has 1 fully saturated rings. The number of carbonyl (C=O) groups excluding carboxylic acids is 1. The minimum absolute atomic E-state index is 0.0899. The highest BCUT2D eigenvalue weighted by atomic mass is 19.1. The third kappa shape index (κ3) is 3.73. The molecule has 23 heavy (non-hydrogen) atoms. The molecule has 6 nitrogen and oxygen atoms in total. The van der Waals surface area contributed by atoms with Crippen LogP contribution in [0.4, 0.5) is 4.39 Å². The molecule has 1 aromatic heterocycles. The second kappa shape index (κ2) is 6.87. The van der Waals surface area contributed by atoms with Crippen LogP contribution in [-0.4, -0.2) is 40.2 Å². The quantitative estimate of drug-likeness (QED) is 0.914. The maximum Gasteiger partial charge on any atom is 0.273 e. The van der Waals surface area contributed by atoms with Crippen molar-refractivity contribution in [2.45, 2.75) is 31.9 Å². The van der Waals surface area contributed by atoms with Crippen LogP contribution in [0.5, 0.6) is 0 Å². The lowest BCUT2D eigenvalue weighted by Crippen LogP contribution is -2.32. The molecule has 122 valence electrons. The van der Waals surface area contributed by atoms with Crippen LogP contribution in [0, 0.1) is 5.82 Å². The van der Waals surface area contributed by atoms with Gasteiger partial charge in [-0.15, -0.1) is 5.10 Å². The summed E-state index contributed by atoms with van der Waals surface area (Å²) in [5.41, 5.74) is 1.15. The highest BCUT2D eigenvalue weighted by Gasteiger charge is 2.19. The highest BCUT2D eigenvalue weighted by molar-refractivity contribution is 5.91. The lowest BCUT2D eigenvalue weighted by molar-refractivity contribution is 0.0853. The summed E-state index contributed by atoms with van der Waals surface area (Å²) >= 11 is 0. The molecule has 0 saturated carbocycles. The Kier molecular flexibility index (Phi) is 4.66. The van der Waals surface area contributed by atoms with E-state index in [9.17, 15) is 9.18 Å². The van der Waals surface area contributed by atoms with Gasteiger partial charge in [0, 0.05) is 13.2 Å². The van der Waals surface area contributed by atoms with Crippen molar-refractivity contribution in [1.82, 2.24) is 20.3 Å². The van der Waals surface area contributed by atoms with Crippen molar-refractivity contribution in [2.24, 2.45) is 0 Å². The Morgan fingerprint density at radius 2 is 2.26 bits per heavy atom. The fraction of sp³-hybridized carbons (Fsp3) is 0.438. The first-order chi connectivity index (χ1) is 11.1. The summed E-state index contributed by atoms with van der Waals surface area (Å²) in [6, 6.07) is 6.05. The first-order valence-electron chi connectivity index (χ1n) is 7.70. The van der Waals surface area contributed by atoms with Gasteiger partial charge in [0.1, 0.15) is 5.82 Å². The predicted octanol–water partition coefficient (Wildman–Crippen LogP) is 1.94. The number of nitrogens with one attached hydrogen (secondary N) is 1. The zero-order chi connectivity index (χ0) is 16.2. The molecule has 0 spiro atoms. The number of aromatic nitrogens is 3. The number of carbonyl (C=O) groups is 1. The number of halogens is 1. The van der Waals surface area contributed by atoms with E-state index in [1.165, 1.54) is 12.1 Å². The van der Waals surface area contributed by atoms with Gasteiger partial charge in [0.15, 0.2) is 5.69 Å². The standard InChI is InChI=1S/C16H19FN4O2/c1-11(12-4-6-13(17)7-5-12)21-10-15(19-20-21)16(22)18-9-14-3-2-8-23-14/h4-7,10-11,14H,2-3,8-9H2,1H3,(H,18,22)/t11-,14-/m0/s1. The fourth-order valence-electron chi connectivity index (χ4n) is 2.57. The van der Waals surface area contributed by atoms with Gasteiger partial charge >= 0.3 is 0 Å². The van der Waals surface area contributed by atoms with Gasteiger partial charge in [0.2, 0.25) is 0 Å². The summed E-state index contributed by atoms with van der Waals surface area (Å²) in [4.78, 5) is 12.1. The van der Waals surface area contributed by atoms with E-state index in [1.54, 1.807) is 23.0 Å². The first kappa shape index (κ1) is 15.6. The van der Waals surface area contributed by atoms with Crippen molar-refractivity contribution in [3.8, 4) is 0 Å². The van der Waals surface area contributed by atoms with Crippen molar-refractivity contribution in [3.63, 3.8) is 0 Å². The average molecular weight is 318 g/mol. The van der Waals surface area contributed by atoms with E-state index in [0.717, 1.165) is 25.0 Å². The maximum absolute atomic E-state index is 13.0. The molecular formula is C16H19FN4O2. The minimum Gasteiger partial charge on any atom is -0.376 e. The van der Waals surface area contributed by atoms with Crippen molar-refractivity contribution < 1.29 is 13.9 Å². The Hall–Kier alpha value is -2.28. The lowest BCUT2D eigenvalue weighted by atomic mass is 10.1. The molecular weight excluding hydrogens is 299 g/mol. The van der Waals surface area contributed by atoms with Crippen LogP contribution < -0.4 is 5.32 Å². The highest BCUT2D eigenvalue weighted by Crippen LogP contribution is 2.17. The van der Waals surface area contributed by atoms with E-state index in [2.05, 4.69) is 15.6 Å². The summed E-state index contributed by atoms with van der Waals surface area (Å²) in [6.45, 7) is 3.15. The molecule has 1 saturated heterocycles. The number of hydrogen-bond acceptors (Lipinski definition) is 4. The Bertz CT molecular complexity index is 665. The monoisotopic (exact) mass is 318 g/mol. The molecule has 0 bridgehead atoms. The van der Waals surface area contributed by atoms with Gasteiger partial charge in [-0.05, 0) is 37.5 Å². The summed E-state index contributed by atoms with van der Waals surface area (Å²) in [6.07, 6.45) is 3.69. The van der Waals surface area contributed by atoms with Crippen LogP contribution in [0.2, 0.25) is 0 Å². The van der Waals surface area contributed by atoms with Gasteiger partial charge in [-0.2, -0.15) is 0 Å². The number of hydrogen-bond donors (Lipinski definition) is 1. The molecule has 1 aliphatic heterocycles. The third-order valence-corrected chi connectivity index (χ3v) is 4.01. The third-order valence-electron chi connectivity index (χ3n) is 4.01. The van der Waals surface area contributed by atoms with Gasteiger partial charge in [-0.25, -0.2) is 9.07 Å². The average Bonchev–Trinajstić information content (AvgIpc) is 3.24. The summed E-state index contributed by atoms with van der Waals surface area (Å²) in [7, 11) is 0. The summed E-state index contributed by atoms with van der Waals surface area (Å²) in [5, 5.41) is 10.7. The second-order valence-corrected chi connectivity index (χ2v) is 5.66. The molecule has 7 heteroatoms. The molecule has 3 rings (SSSR count). The van der Waals surface area contributed by atoms with Crippen molar-refractivity contribution in [3.05, 3.63) is 47.5 Å². The number of rotatable bonds is 5. The number of benzene rings is 1. The van der Waals surface area contributed by atoms with Crippen LogP contribution in [0.3, 0.4) is 0 Å². The van der Waals surface area contributed by atoms with E-state index >= 15 is 0 Å². The van der Waals surface area contributed by atoms with Crippen LogP contribution in [-0.2, 0) is 4.74 Å². The van der Waals surface area contributed by atoms with E-state index in [1.807, 2.05) is 6.92 Å². The maximum atomic E-state index is 13.0. The Morgan fingerprint density at radius 1 is 1.48 bits per heavy atom. The van der Waals surface area contributed by atoms with Crippen LogP contribution in [0.1, 0.15) is 41.9 Å². The Labute approximate surface area is 133 Å². The van der Waals surface area contributed by atoms with Gasteiger partial charge in [-0.1, -0.05) is 17.3 Å². The normalized spacial score (nSPS) is 18.8. The molecule has 1 aromatic carbocycles. The van der Waals surface area contributed by atoms with Crippen molar-refractivity contribution in [2.75, 3.05) is 13.2 Å². The van der Waals surface area contributed by atoms with Crippen LogP contribution >= 0.6 is 0 Å².